The summed E-state index contributed by atoms with van der Waals surface area (Å²) in [5, 5.41) is 7.86. The van der Waals surface area contributed by atoms with Crippen molar-refractivity contribution in [2.75, 3.05) is 18.4 Å². The largest absolute Gasteiger partial charge is 0.331 e. The van der Waals surface area contributed by atoms with E-state index >= 15 is 0 Å². The van der Waals surface area contributed by atoms with Gasteiger partial charge in [-0.2, -0.15) is 0 Å². The topological polar surface area (TPSA) is 49.8 Å². The van der Waals surface area contributed by atoms with Gasteiger partial charge in [0, 0.05) is 34.4 Å². The number of pyridine rings is 1. The van der Waals surface area contributed by atoms with E-state index in [-0.39, 0.29) is 0 Å². The first-order valence-electron chi connectivity index (χ1n) is 7.52. The van der Waals surface area contributed by atoms with Gasteiger partial charge in [0.15, 0.2) is 5.13 Å². The molecule has 2 N–H and O–H groups in total. The minimum atomic E-state index is 0.527. The first-order valence-corrected chi connectivity index (χ1v) is 8.34. The van der Waals surface area contributed by atoms with Crippen LogP contribution in [0, 0.1) is 20.8 Å². The summed E-state index contributed by atoms with van der Waals surface area (Å²) in [6.45, 7) is 8.38. The van der Waals surface area contributed by atoms with Gasteiger partial charge in [0.1, 0.15) is 0 Å². The van der Waals surface area contributed by atoms with Crippen LogP contribution in [0.4, 0.5) is 10.8 Å². The third kappa shape index (κ3) is 3.41. The maximum absolute atomic E-state index is 4.72. The lowest BCUT2D eigenvalue weighted by Gasteiger charge is -2.23. The summed E-state index contributed by atoms with van der Waals surface area (Å²) < 4.78 is 0. The highest BCUT2D eigenvalue weighted by Crippen LogP contribution is 2.28. The predicted octanol–water partition coefficient (Wildman–Crippen LogP) is 3.67. The van der Waals surface area contributed by atoms with Crippen molar-refractivity contribution in [2.24, 2.45) is 0 Å². The Balaban J connectivity index is 1.83. The molecule has 1 atom stereocenters. The minimum Gasteiger partial charge on any atom is -0.331 e. The summed E-state index contributed by atoms with van der Waals surface area (Å²) >= 11 is 1.70. The van der Waals surface area contributed by atoms with Crippen molar-refractivity contribution in [1.82, 2.24) is 15.3 Å². The van der Waals surface area contributed by atoms with E-state index < -0.39 is 0 Å². The second-order valence-corrected chi connectivity index (χ2v) is 6.95. The zero-order chi connectivity index (χ0) is 14.8. The van der Waals surface area contributed by atoms with Gasteiger partial charge in [0.2, 0.25) is 0 Å². The third-order valence-electron chi connectivity index (χ3n) is 3.97. The van der Waals surface area contributed by atoms with Gasteiger partial charge in [0.05, 0.1) is 5.69 Å². The van der Waals surface area contributed by atoms with Crippen LogP contribution in [0.5, 0.6) is 0 Å². The SMILES string of the molecule is Cc1cc(Nc2nc(C)c(C)s2)cc([C@H]2CCCNC2)n1. The zero-order valence-corrected chi connectivity index (χ0v) is 13.7. The third-order valence-corrected chi connectivity index (χ3v) is 4.96. The Kier molecular flexibility index (Phi) is 4.22. The van der Waals surface area contributed by atoms with Gasteiger partial charge in [-0.05, 0) is 52.3 Å². The summed E-state index contributed by atoms with van der Waals surface area (Å²) in [5.41, 5.74) is 4.45. The van der Waals surface area contributed by atoms with Crippen molar-refractivity contribution >= 4 is 22.2 Å². The van der Waals surface area contributed by atoms with Gasteiger partial charge in [-0.15, -0.1) is 11.3 Å². The quantitative estimate of drug-likeness (QED) is 0.908. The fourth-order valence-electron chi connectivity index (χ4n) is 2.73. The van der Waals surface area contributed by atoms with Crippen LogP contribution in [0.25, 0.3) is 0 Å². The Hall–Kier alpha value is -1.46. The van der Waals surface area contributed by atoms with E-state index in [1.165, 1.54) is 23.4 Å². The summed E-state index contributed by atoms with van der Waals surface area (Å²) in [4.78, 5) is 10.5. The van der Waals surface area contributed by atoms with Crippen LogP contribution in [0.3, 0.4) is 0 Å². The Labute approximate surface area is 130 Å². The number of hydrogen-bond acceptors (Lipinski definition) is 5. The second kappa shape index (κ2) is 6.12. The maximum Gasteiger partial charge on any atom is 0.187 e. The lowest BCUT2D eigenvalue weighted by atomic mass is 9.95. The number of rotatable bonds is 3. The molecule has 2 aromatic rings. The fourth-order valence-corrected chi connectivity index (χ4v) is 3.56. The predicted molar refractivity (Wildman–Crippen MR) is 88.7 cm³/mol. The molecule has 1 saturated heterocycles. The molecule has 4 nitrogen and oxygen atoms in total. The molecule has 21 heavy (non-hydrogen) atoms. The monoisotopic (exact) mass is 302 g/mol. The summed E-state index contributed by atoms with van der Waals surface area (Å²) in [6, 6.07) is 4.27. The molecule has 0 aliphatic carbocycles. The molecule has 1 aliphatic heterocycles. The van der Waals surface area contributed by atoms with Crippen LogP contribution in [0.2, 0.25) is 0 Å². The highest BCUT2D eigenvalue weighted by molar-refractivity contribution is 7.15. The molecule has 0 aromatic carbocycles. The Morgan fingerprint density at radius 1 is 1.24 bits per heavy atom. The lowest BCUT2D eigenvalue weighted by Crippen LogP contribution is -2.28. The van der Waals surface area contributed by atoms with E-state index in [9.17, 15) is 0 Å². The lowest BCUT2D eigenvalue weighted by molar-refractivity contribution is 0.454. The highest BCUT2D eigenvalue weighted by atomic mass is 32.1. The number of anilines is 2. The van der Waals surface area contributed by atoms with E-state index in [0.717, 1.165) is 35.3 Å². The van der Waals surface area contributed by atoms with Crippen molar-refractivity contribution in [3.8, 4) is 0 Å². The molecule has 5 heteroatoms. The normalized spacial score (nSPS) is 18.7. The molecule has 112 valence electrons. The van der Waals surface area contributed by atoms with Gasteiger partial charge < -0.3 is 10.6 Å². The standard InChI is InChI=1S/C16H22N4S/c1-10-7-14(20-16-19-11(2)12(3)21-16)8-15(18-10)13-5-4-6-17-9-13/h7-8,13,17H,4-6,9H2,1-3H3,(H,18,19,20)/t13-/m0/s1. The van der Waals surface area contributed by atoms with Gasteiger partial charge in [-0.1, -0.05) is 0 Å². The van der Waals surface area contributed by atoms with Crippen LogP contribution in [0.1, 0.15) is 40.7 Å². The van der Waals surface area contributed by atoms with E-state index in [4.69, 9.17) is 4.98 Å². The number of thiazole rings is 1. The number of aryl methyl sites for hydroxylation is 3. The Bertz CT molecular complexity index is 610. The van der Waals surface area contributed by atoms with Crippen molar-refractivity contribution in [1.29, 1.82) is 0 Å². The Morgan fingerprint density at radius 2 is 2.10 bits per heavy atom. The molecule has 0 spiro atoms. The van der Waals surface area contributed by atoms with Crippen LogP contribution >= 0.6 is 11.3 Å². The maximum atomic E-state index is 4.72. The molecule has 1 fully saturated rings. The number of nitrogens with zero attached hydrogens (tertiary/aromatic N) is 2. The van der Waals surface area contributed by atoms with E-state index in [1.54, 1.807) is 11.3 Å². The number of hydrogen-bond donors (Lipinski definition) is 2. The molecule has 2 aromatic heterocycles. The fraction of sp³-hybridized carbons (Fsp3) is 0.500. The van der Waals surface area contributed by atoms with Gasteiger partial charge in [0.25, 0.3) is 0 Å². The summed E-state index contributed by atoms with van der Waals surface area (Å²) in [7, 11) is 0. The summed E-state index contributed by atoms with van der Waals surface area (Å²) in [5.74, 6) is 0.527. The van der Waals surface area contributed by atoms with Gasteiger partial charge in [-0.25, -0.2) is 4.98 Å². The highest BCUT2D eigenvalue weighted by Gasteiger charge is 2.17. The average molecular weight is 302 g/mol. The van der Waals surface area contributed by atoms with Gasteiger partial charge in [-0.3, -0.25) is 4.98 Å². The first kappa shape index (κ1) is 14.5. The minimum absolute atomic E-state index is 0.527. The van der Waals surface area contributed by atoms with Crippen LogP contribution in [-0.2, 0) is 0 Å². The van der Waals surface area contributed by atoms with Crippen molar-refractivity contribution in [3.63, 3.8) is 0 Å². The molecule has 0 radical (unpaired) electrons. The average Bonchev–Trinajstić information content (AvgIpc) is 2.77. The molecule has 3 heterocycles. The van der Waals surface area contributed by atoms with Crippen LogP contribution in [-0.4, -0.2) is 23.1 Å². The van der Waals surface area contributed by atoms with E-state index in [0.29, 0.717) is 5.92 Å². The van der Waals surface area contributed by atoms with Crippen LogP contribution < -0.4 is 10.6 Å². The smallest absolute Gasteiger partial charge is 0.187 e. The molecular formula is C16H22N4S. The Morgan fingerprint density at radius 3 is 2.76 bits per heavy atom. The van der Waals surface area contributed by atoms with Crippen molar-refractivity contribution < 1.29 is 0 Å². The molecule has 0 saturated carbocycles. The number of aromatic nitrogens is 2. The number of nitrogens with one attached hydrogen (secondary N) is 2. The van der Waals surface area contributed by atoms with Crippen LogP contribution in [0.15, 0.2) is 12.1 Å². The van der Waals surface area contributed by atoms with E-state index in [2.05, 4.69) is 41.6 Å². The molecule has 0 unspecified atom stereocenters. The van der Waals surface area contributed by atoms with Crippen molar-refractivity contribution in [3.05, 3.63) is 34.1 Å². The molecule has 3 rings (SSSR count). The molecule has 0 bridgehead atoms. The molecule has 0 amide bonds. The molecule has 1 aliphatic rings. The van der Waals surface area contributed by atoms with Gasteiger partial charge >= 0.3 is 0 Å². The number of piperidine rings is 1. The second-order valence-electron chi connectivity index (χ2n) is 5.75. The molecular weight excluding hydrogens is 280 g/mol. The first-order chi connectivity index (χ1) is 10.1. The zero-order valence-electron chi connectivity index (χ0n) is 12.9. The summed E-state index contributed by atoms with van der Waals surface area (Å²) in [6.07, 6.45) is 2.45. The van der Waals surface area contributed by atoms with Crippen molar-refractivity contribution in [2.45, 2.75) is 39.5 Å². The van der Waals surface area contributed by atoms with E-state index in [1.807, 2.05) is 6.92 Å².